The SMILES string of the molecule is Cc1ccc(CN2CCCC(/C(N)=N/C(=O)Nc3cccc4cnccc34)C2)c(C)c1. The molecule has 1 atom stereocenters. The molecule has 1 fully saturated rings. The third kappa shape index (κ3) is 5.09. The number of rotatable bonds is 4. The number of aromatic nitrogens is 1. The van der Waals surface area contributed by atoms with Crippen molar-refractivity contribution >= 4 is 28.3 Å². The molecule has 0 saturated carbocycles. The molecule has 2 aromatic carbocycles. The Kier molecular flexibility index (Phi) is 6.28. The van der Waals surface area contributed by atoms with Crippen molar-refractivity contribution in [3.05, 3.63) is 71.5 Å². The zero-order valence-electron chi connectivity index (χ0n) is 18.1. The van der Waals surface area contributed by atoms with Crippen LogP contribution < -0.4 is 11.1 Å². The highest BCUT2D eigenvalue weighted by Crippen LogP contribution is 2.23. The Morgan fingerprint density at radius 3 is 2.97 bits per heavy atom. The molecule has 6 heteroatoms. The average molecular weight is 416 g/mol. The first-order chi connectivity index (χ1) is 15.0. The Morgan fingerprint density at radius 1 is 1.26 bits per heavy atom. The number of nitrogens with two attached hydrogens (primary N) is 1. The average Bonchev–Trinajstić information content (AvgIpc) is 2.76. The van der Waals surface area contributed by atoms with Crippen molar-refractivity contribution in [1.29, 1.82) is 0 Å². The molecular weight excluding hydrogens is 386 g/mol. The number of anilines is 1. The van der Waals surface area contributed by atoms with Crippen molar-refractivity contribution in [2.24, 2.45) is 16.6 Å². The number of urea groups is 1. The maximum Gasteiger partial charge on any atom is 0.347 e. The van der Waals surface area contributed by atoms with E-state index in [0.29, 0.717) is 11.5 Å². The van der Waals surface area contributed by atoms with Crippen molar-refractivity contribution in [3.63, 3.8) is 0 Å². The fourth-order valence-electron chi connectivity index (χ4n) is 4.29. The summed E-state index contributed by atoms with van der Waals surface area (Å²) in [5.41, 5.74) is 10.9. The maximum absolute atomic E-state index is 12.6. The van der Waals surface area contributed by atoms with Crippen LogP contribution in [0, 0.1) is 19.8 Å². The van der Waals surface area contributed by atoms with Crippen molar-refractivity contribution in [3.8, 4) is 0 Å². The van der Waals surface area contributed by atoms with Crippen LogP contribution in [0.4, 0.5) is 10.5 Å². The third-order valence-electron chi connectivity index (χ3n) is 5.97. The minimum Gasteiger partial charge on any atom is -0.387 e. The van der Waals surface area contributed by atoms with Gasteiger partial charge in [-0.3, -0.25) is 9.88 Å². The molecule has 31 heavy (non-hydrogen) atoms. The molecule has 3 N–H and O–H groups in total. The van der Waals surface area contributed by atoms with Crippen LogP contribution in [0.1, 0.15) is 29.5 Å². The largest absolute Gasteiger partial charge is 0.387 e. The number of carbonyl (C=O) groups is 1. The molecule has 1 aliphatic heterocycles. The first-order valence-corrected chi connectivity index (χ1v) is 10.8. The van der Waals surface area contributed by atoms with E-state index in [1.54, 1.807) is 12.4 Å². The van der Waals surface area contributed by atoms with Gasteiger partial charge in [0.05, 0.1) is 5.69 Å². The van der Waals surface area contributed by atoms with Crippen molar-refractivity contribution in [1.82, 2.24) is 9.88 Å². The molecule has 0 radical (unpaired) electrons. The molecule has 0 aliphatic carbocycles. The highest BCUT2D eigenvalue weighted by Gasteiger charge is 2.24. The predicted molar refractivity (Wildman–Crippen MR) is 126 cm³/mol. The Hall–Kier alpha value is -3.25. The van der Waals surface area contributed by atoms with Gasteiger partial charge in [0, 0.05) is 42.2 Å². The number of hydrogen-bond donors (Lipinski definition) is 2. The lowest BCUT2D eigenvalue weighted by Gasteiger charge is -2.32. The second-order valence-corrected chi connectivity index (χ2v) is 8.37. The lowest BCUT2D eigenvalue weighted by Crippen LogP contribution is -2.41. The normalized spacial score (nSPS) is 17.6. The van der Waals surface area contributed by atoms with E-state index in [1.807, 2.05) is 24.3 Å². The Morgan fingerprint density at radius 2 is 2.13 bits per heavy atom. The summed E-state index contributed by atoms with van der Waals surface area (Å²) in [5.74, 6) is 0.492. The zero-order valence-corrected chi connectivity index (χ0v) is 18.1. The van der Waals surface area contributed by atoms with Crippen LogP contribution in [0.15, 0.2) is 59.9 Å². The lowest BCUT2D eigenvalue weighted by atomic mass is 9.96. The van der Waals surface area contributed by atoms with Crippen LogP contribution in [0.25, 0.3) is 10.8 Å². The fourth-order valence-corrected chi connectivity index (χ4v) is 4.29. The van der Waals surface area contributed by atoms with Crippen molar-refractivity contribution in [2.75, 3.05) is 18.4 Å². The first kappa shape index (κ1) is 21.0. The number of pyridine rings is 1. The van der Waals surface area contributed by atoms with Gasteiger partial charge in [0.2, 0.25) is 0 Å². The minimum absolute atomic E-state index is 0.0852. The standard InChI is InChI=1S/C25H29N5O/c1-17-8-9-20(18(2)13-17)15-30-12-4-6-21(16-30)24(26)29-25(31)28-23-7-3-5-19-14-27-11-10-22(19)23/h3,5,7-11,13-14,21H,4,6,12,15-16H2,1-2H3,(H3,26,28,29,31). The zero-order chi connectivity index (χ0) is 21.8. The molecule has 3 aromatic rings. The predicted octanol–water partition coefficient (Wildman–Crippen LogP) is 4.65. The molecule has 1 aromatic heterocycles. The summed E-state index contributed by atoms with van der Waals surface area (Å²) < 4.78 is 0. The summed E-state index contributed by atoms with van der Waals surface area (Å²) >= 11 is 0. The molecule has 0 spiro atoms. The molecule has 6 nitrogen and oxygen atoms in total. The summed E-state index contributed by atoms with van der Waals surface area (Å²) in [6.45, 7) is 7.02. The number of likely N-dealkylation sites (tertiary alicyclic amines) is 1. The van der Waals surface area contributed by atoms with Gasteiger partial charge >= 0.3 is 6.03 Å². The van der Waals surface area contributed by atoms with Gasteiger partial charge in [-0.05, 0) is 56.5 Å². The number of piperidine rings is 1. The van der Waals surface area contributed by atoms with Crippen LogP contribution in [0.3, 0.4) is 0 Å². The second-order valence-electron chi connectivity index (χ2n) is 8.37. The van der Waals surface area contributed by atoms with Gasteiger partial charge in [0.15, 0.2) is 0 Å². The van der Waals surface area contributed by atoms with Crippen LogP contribution in [0.2, 0.25) is 0 Å². The van der Waals surface area contributed by atoms with E-state index in [1.165, 1.54) is 16.7 Å². The molecule has 160 valence electrons. The summed E-state index contributed by atoms with van der Waals surface area (Å²) in [7, 11) is 0. The Balaban J connectivity index is 1.41. The second kappa shape index (κ2) is 9.27. The number of fused-ring (bicyclic) bond motifs is 1. The molecule has 0 bridgehead atoms. The summed E-state index contributed by atoms with van der Waals surface area (Å²) in [5, 5.41) is 4.76. The van der Waals surface area contributed by atoms with Crippen LogP contribution in [-0.4, -0.2) is 34.8 Å². The number of aryl methyl sites for hydroxylation is 2. The summed E-state index contributed by atoms with van der Waals surface area (Å²) in [4.78, 5) is 23.3. The molecule has 2 amide bonds. The number of carbonyl (C=O) groups excluding carboxylic acids is 1. The Bertz CT molecular complexity index is 1120. The quantitative estimate of drug-likeness (QED) is 0.480. The van der Waals surface area contributed by atoms with E-state index >= 15 is 0 Å². The summed E-state index contributed by atoms with van der Waals surface area (Å²) in [6, 6.07) is 13.7. The van der Waals surface area contributed by atoms with Gasteiger partial charge in [-0.1, -0.05) is 35.9 Å². The van der Waals surface area contributed by atoms with Gasteiger partial charge < -0.3 is 11.1 Å². The summed E-state index contributed by atoms with van der Waals surface area (Å²) in [6.07, 6.45) is 5.48. The van der Waals surface area contributed by atoms with E-state index in [-0.39, 0.29) is 5.92 Å². The molecule has 2 heterocycles. The van der Waals surface area contributed by atoms with E-state index in [9.17, 15) is 4.79 Å². The number of benzene rings is 2. The molecule has 1 aliphatic rings. The van der Waals surface area contributed by atoms with Crippen LogP contribution in [0.5, 0.6) is 0 Å². The Labute approximate surface area is 183 Å². The molecule has 4 rings (SSSR count). The minimum atomic E-state index is -0.437. The van der Waals surface area contributed by atoms with Crippen molar-refractivity contribution in [2.45, 2.75) is 33.2 Å². The van der Waals surface area contributed by atoms with Gasteiger partial charge in [0.25, 0.3) is 0 Å². The van der Waals surface area contributed by atoms with Gasteiger partial charge in [-0.25, -0.2) is 4.79 Å². The number of nitrogens with zero attached hydrogens (tertiary/aromatic N) is 3. The van der Waals surface area contributed by atoms with Gasteiger partial charge in [0.1, 0.15) is 5.84 Å². The van der Waals surface area contributed by atoms with Crippen molar-refractivity contribution < 1.29 is 4.79 Å². The lowest BCUT2D eigenvalue weighted by molar-refractivity contribution is 0.195. The van der Waals surface area contributed by atoms with Gasteiger partial charge in [-0.15, -0.1) is 0 Å². The topological polar surface area (TPSA) is 83.6 Å². The monoisotopic (exact) mass is 415 g/mol. The van der Waals surface area contributed by atoms with E-state index in [0.717, 1.165) is 43.2 Å². The maximum atomic E-state index is 12.6. The third-order valence-corrected chi connectivity index (χ3v) is 5.97. The highest BCUT2D eigenvalue weighted by molar-refractivity contribution is 6.05. The van der Waals surface area contributed by atoms with E-state index < -0.39 is 6.03 Å². The molecular formula is C25H29N5O. The smallest absolute Gasteiger partial charge is 0.347 e. The van der Waals surface area contributed by atoms with E-state index in [2.05, 4.69) is 52.2 Å². The highest BCUT2D eigenvalue weighted by atomic mass is 16.2. The fraction of sp³-hybridized carbons (Fsp3) is 0.320. The number of amidine groups is 1. The number of amides is 2. The first-order valence-electron chi connectivity index (χ1n) is 10.8. The number of nitrogens with one attached hydrogen (secondary N) is 1. The van der Waals surface area contributed by atoms with Gasteiger partial charge in [-0.2, -0.15) is 4.99 Å². The van der Waals surface area contributed by atoms with Crippen LogP contribution >= 0.6 is 0 Å². The van der Waals surface area contributed by atoms with E-state index in [4.69, 9.17) is 5.73 Å². The van der Waals surface area contributed by atoms with Crippen LogP contribution in [-0.2, 0) is 6.54 Å². The molecule has 1 saturated heterocycles. The molecule has 1 unspecified atom stereocenters. The number of hydrogen-bond acceptors (Lipinski definition) is 3. The number of aliphatic imine (C=N–C) groups is 1.